The molecule has 178 valence electrons. The van der Waals surface area contributed by atoms with E-state index in [1.807, 2.05) is 29.2 Å². The van der Waals surface area contributed by atoms with E-state index in [-0.39, 0.29) is 23.8 Å². The van der Waals surface area contributed by atoms with Gasteiger partial charge in [-0.15, -0.1) is 5.92 Å². The number of anilines is 3. The van der Waals surface area contributed by atoms with Crippen molar-refractivity contribution in [1.82, 2.24) is 19.8 Å². The molecule has 1 aliphatic heterocycles. The number of hydrogen-bond acceptors (Lipinski definition) is 7. The maximum absolute atomic E-state index is 12.8. The SMILES string of the molecule is CC#Cc1cnc(Nc2ccc(C(=O)N3CCN(C)CC3)cc2)nc1N[C@@H]1CCC[C@@H]1C(N)=O. The molecule has 2 heterocycles. The van der Waals surface area contributed by atoms with Gasteiger partial charge in [-0.25, -0.2) is 4.98 Å². The van der Waals surface area contributed by atoms with Gasteiger partial charge in [0.25, 0.3) is 5.91 Å². The molecule has 0 unspecified atom stereocenters. The highest BCUT2D eigenvalue weighted by molar-refractivity contribution is 5.94. The molecule has 9 nitrogen and oxygen atoms in total. The van der Waals surface area contributed by atoms with Crippen molar-refractivity contribution in [2.45, 2.75) is 32.2 Å². The Hall–Kier alpha value is -3.64. The number of nitrogens with one attached hydrogen (secondary N) is 2. The number of benzene rings is 1. The van der Waals surface area contributed by atoms with E-state index in [4.69, 9.17) is 5.73 Å². The van der Waals surface area contributed by atoms with Crippen molar-refractivity contribution in [2.24, 2.45) is 11.7 Å². The van der Waals surface area contributed by atoms with Crippen LogP contribution in [0.15, 0.2) is 30.5 Å². The van der Waals surface area contributed by atoms with Gasteiger partial charge in [-0.1, -0.05) is 12.3 Å². The van der Waals surface area contributed by atoms with Crippen molar-refractivity contribution in [1.29, 1.82) is 0 Å². The molecule has 34 heavy (non-hydrogen) atoms. The normalized spacial score (nSPS) is 20.4. The van der Waals surface area contributed by atoms with Gasteiger partial charge in [-0.2, -0.15) is 4.98 Å². The van der Waals surface area contributed by atoms with E-state index in [1.54, 1.807) is 13.1 Å². The number of carbonyl (C=O) groups excluding carboxylic acids is 2. The average Bonchev–Trinajstić information content (AvgIpc) is 3.30. The Balaban J connectivity index is 1.47. The number of piperazine rings is 1. The first-order valence-electron chi connectivity index (χ1n) is 11.6. The van der Waals surface area contributed by atoms with Gasteiger partial charge in [0.1, 0.15) is 5.82 Å². The molecule has 0 spiro atoms. The lowest BCUT2D eigenvalue weighted by atomic mass is 10.0. The summed E-state index contributed by atoms with van der Waals surface area (Å²) < 4.78 is 0. The zero-order valence-corrected chi connectivity index (χ0v) is 19.7. The predicted molar refractivity (Wildman–Crippen MR) is 132 cm³/mol. The van der Waals surface area contributed by atoms with Crippen molar-refractivity contribution in [2.75, 3.05) is 43.9 Å². The molecule has 1 saturated heterocycles. The maximum Gasteiger partial charge on any atom is 0.253 e. The van der Waals surface area contributed by atoms with Gasteiger partial charge >= 0.3 is 0 Å². The van der Waals surface area contributed by atoms with E-state index in [0.29, 0.717) is 22.9 Å². The Labute approximate surface area is 200 Å². The number of nitrogens with zero attached hydrogens (tertiary/aromatic N) is 4. The summed E-state index contributed by atoms with van der Waals surface area (Å²) in [5.74, 6) is 6.39. The summed E-state index contributed by atoms with van der Waals surface area (Å²) in [5.41, 5.74) is 7.67. The summed E-state index contributed by atoms with van der Waals surface area (Å²) in [6.45, 7) is 5.01. The zero-order chi connectivity index (χ0) is 24.1. The van der Waals surface area contributed by atoms with Crippen LogP contribution in [-0.2, 0) is 4.79 Å². The number of aromatic nitrogens is 2. The number of likely N-dealkylation sites (N-methyl/N-ethyl adjacent to an activating group) is 1. The molecule has 9 heteroatoms. The molecule has 0 radical (unpaired) electrons. The Morgan fingerprint density at radius 1 is 1.12 bits per heavy atom. The average molecular weight is 462 g/mol. The van der Waals surface area contributed by atoms with Crippen LogP contribution in [0, 0.1) is 17.8 Å². The molecule has 1 aromatic heterocycles. The predicted octanol–water partition coefficient (Wildman–Crippen LogP) is 2.05. The molecule has 1 aliphatic carbocycles. The molecular formula is C25H31N7O2. The molecule has 1 saturated carbocycles. The highest BCUT2D eigenvalue weighted by Crippen LogP contribution is 2.29. The van der Waals surface area contributed by atoms with Crippen molar-refractivity contribution >= 4 is 29.3 Å². The van der Waals surface area contributed by atoms with Crippen molar-refractivity contribution in [3.8, 4) is 11.8 Å². The number of hydrogen-bond donors (Lipinski definition) is 3. The van der Waals surface area contributed by atoms with Crippen LogP contribution in [0.3, 0.4) is 0 Å². The lowest BCUT2D eigenvalue weighted by Crippen LogP contribution is -2.47. The minimum absolute atomic E-state index is 0.0467. The van der Waals surface area contributed by atoms with Crippen LogP contribution in [0.5, 0.6) is 0 Å². The second-order valence-electron chi connectivity index (χ2n) is 8.82. The van der Waals surface area contributed by atoms with Crippen LogP contribution in [-0.4, -0.2) is 70.9 Å². The van der Waals surface area contributed by atoms with Gasteiger partial charge in [0.15, 0.2) is 0 Å². The lowest BCUT2D eigenvalue weighted by molar-refractivity contribution is -0.121. The third-order valence-corrected chi connectivity index (χ3v) is 6.43. The van der Waals surface area contributed by atoms with Crippen LogP contribution in [0.2, 0.25) is 0 Å². The fraction of sp³-hybridized carbons (Fsp3) is 0.440. The topological polar surface area (TPSA) is 116 Å². The monoisotopic (exact) mass is 461 g/mol. The number of nitrogens with two attached hydrogens (primary N) is 1. The van der Waals surface area contributed by atoms with E-state index in [2.05, 4.69) is 44.4 Å². The van der Waals surface area contributed by atoms with E-state index in [0.717, 1.165) is 51.1 Å². The molecule has 2 fully saturated rings. The lowest BCUT2D eigenvalue weighted by Gasteiger charge is -2.32. The minimum atomic E-state index is -0.295. The quantitative estimate of drug-likeness (QED) is 0.564. The van der Waals surface area contributed by atoms with Crippen molar-refractivity contribution < 1.29 is 9.59 Å². The molecular weight excluding hydrogens is 430 g/mol. The second kappa shape index (κ2) is 10.5. The third kappa shape index (κ3) is 5.46. The smallest absolute Gasteiger partial charge is 0.253 e. The molecule has 2 aliphatic rings. The Morgan fingerprint density at radius 3 is 2.53 bits per heavy atom. The highest BCUT2D eigenvalue weighted by atomic mass is 16.2. The fourth-order valence-electron chi connectivity index (χ4n) is 4.44. The van der Waals surface area contributed by atoms with Gasteiger partial charge in [0.05, 0.1) is 17.7 Å². The summed E-state index contributed by atoms with van der Waals surface area (Å²) in [6, 6.07) is 7.25. The number of rotatable bonds is 6. The van der Waals surface area contributed by atoms with Crippen molar-refractivity contribution in [3.63, 3.8) is 0 Å². The molecule has 2 atom stereocenters. The van der Waals surface area contributed by atoms with Crippen LogP contribution in [0.25, 0.3) is 0 Å². The first kappa shape index (κ1) is 23.5. The van der Waals surface area contributed by atoms with Gasteiger partial charge in [0, 0.05) is 43.5 Å². The summed E-state index contributed by atoms with van der Waals surface area (Å²) in [5, 5.41) is 6.56. The summed E-state index contributed by atoms with van der Waals surface area (Å²) in [7, 11) is 2.07. The van der Waals surface area contributed by atoms with Crippen LogP contribution in [0.1, 0.15) is 42.1 Å². The first-order valence-corrected chi connectivity index (χ1v) is 11.6. The summed E-state index contributed by atoms with van der Waals surface area (Å²) in [6.07, 6.45) is 4.22. The Bertz CT molecular complexity index is 1100. The van der Waals surface area contributed by atoms with Gasteiger partial charge < -0.3 is 26.2 Å². The fourth-order valence-corrected chi connectivity index (χ4v) is 4.44. The van der Waals surface area contributed by atoms with E-state index in [1.165, 1.54) is 0 Å². The number of amides is 2. The van der Waals surface area contributed by atoms with Crippen molar-refractivity contribution in [3.05, 3.63) is 41.6 Å². The molecule has 4 rings (SSSR count). The number of carbonyl (C=O) groups is 2. The van der Waals surface area contributed by atoms with Crippen LogP contribution >= 0.6 is 0 Å². The van der Waals surface area contributed by atoms with Gasteiger partial charge in [0.2, 0.25) is 11.9 Å². The zero-order valence-electron chi connectivity index (χ0n) is 19.7. The van der Waals surface area contributed by atoms with E-state index in [9.17, 15) is 9.59 Å². The van der Waals surface area contributed by atoms with Gasteiger partial charge in [-0.05, 0) is 51.1 Å². The standard InChI is InChI=1S/C25H31N7O2/c1-3-5-18-16-27-25(30-23(18)29-21-7-4-6-20(21)22(26)33)28-19-10-8-17(9-11-19)24(34)32-14-12-31(2)13-15-32/h8-11,16,20-21H,4,6-7,12-15H2,1-2H3,(H2,26,33)(H2,27,28,29,30)/t20-,21+/m0/s1. The Kier molecular flexibility index (Phi) is 7.28. The summed E-state index contributed by atoms with van der Waals surface area (Å²) in [4.78, 5) is 37.7. The van der Waals surface area contributed by atoms with Crippen LogP contribution < -0.4 is 16.4 Å². The molecule has 2 amide bonds. The molecule has 2 aromatic rings. The van der Waals surface area contributed by atoms with E-state index >= 15 is 0 Å². The summed E-state index contributed by atoms with van der Waals surface area (Å²) >= 11 is 0. The number of primary amides is 1. The Morgan fingerprint density at radius 2 is 1.85 bits per heavy atom. The maximum atomic E-state index is 12.8. The van der Waals surface area contributed by atoms with Crippen LogP contribution in [0.4, 0.5) is 17.5 Å². The third-order valence-electron chi connectivity index (χ3n) is 6.43. The second-order valence-corrected chi connectivity index (χ2v) is 8.82. The van der Waals surface area contributed by atoms with E-state index < -0.39 is 0 Å². The molecule has 0 bridgehead atoms. The first-order chi connectivity index (χ1) is 16.4. The molecule has 4 N–H and O–H groups in total. The highest BCUT2D eigenvalue weighted by Gasteiger charge is 2.32. The largest absolute Gasteiger partial charge is 0.369 e. The van der Waals surface area contributed by atoms with Gasteiger partial charge in [-0.3, -0.25) is 9.59 Å². The minimum Gasteiger partial charge on any atom is -0.369 e. The molecule has 1 aromatic carbocycles.